The van der Waals surface area contributed by atoms with Crippen LogP contribution in [0.4, 0.5) is 0 Å². The number of rotatable bonds is 5. The zero-order valence-corrected chi connectivity index (χ0v) is 17.3. The van der Waals surface area contributed by atoms with Crippen molar-refractivity contribution in [3.8, 4) is 0 Å². The van der Waals surface area contributed by atoms with Gasteiger partial charge in [0.15, 0.2) is 5.16 Å². The molecule has 1 atom stereocenters. The third-order valence-corrected chi connectivity index (χ3v) is 5.35. The fourth-order valence-electron chi connectivity index (χ4n) is 3.02. The average Bonchev–Trinajstić information content (AvgIpc) is 3.07. The first-order valence-electron chi connectivity index (χ1n) is 8.98. The fourth-order valence-corrected chi connectivity index (χ4v) is 4.00. The lowest BCUT2D eigenvalue weighted by atomic mass is 10.1. The van der Waals surface area contributed by atoms with Crippen molar-refractivity contribution in [1.82, 2.24) is 14.9 Å². The van der Waals surface area contributed by atoms with Crippen LogP contribution in [0, 0.1) is 0 Å². The number of nitrogens with one attached hydrogen (secondary N) is 1. The molecular formula is C19H24ClN3O3S. The number of fused-ring (bicyclic) bond motifs is 1. The normalized spacial score (nSPS) is 17.4. The number of halogens is 1. The van der Waals surface area contributed by atoms with Crippen molar-refractivity contribution < 1.29 is 9.53 Å². The van der Waals surface area contributed by atoms with E-state index in [0.29, 0.717) is 34.2 Å². The Hall–Kier alpha value is -1.57. The summed E-state index contributed by atoms with van der Waals surface area (Å²) < 4.78 is 7.32. The van der Waals surface area contributed by atoms with Crippen LogP contribution in [0.3, 0.4) is 0 Å². The van der Waals surface area contributed by atoms with Gasteiger partial charge in [-0.05, 0) is 51.8 Å². The molecule has 0 aliphatic carbocycles. The number of nitrogens with zero attached hydrogens (tertiary/aromatic N) is 2. The number of carbonyl (C=O) groups excluding carboxylic acids is 1. The van der Waals surface area contributed by atoms with Crippen LogP contribution in [0.15, 0.2) is 28.2 Å². The molecule has 2 heterocycles. The molecule has 1 N–H and O–H groups in total. The first kappa shape index (κ1) is 20.2. The maximum Gasteiger partial charge on any atom is 0.262 e. The summed E-state index contributed by atoms with van der Waals surface area (Å²) in [6.45, 7) is 6.94. The summed E-state index contributed by atoms with van der Waals surface area (Å²) in [7, 11) is 0. The van der Waals surface area contributed by atoms with Gasteiger partial charge in [0, 0.05) is 17.2 Å². The molecule has 1 aromatic carbocycles. The SMILES string of the molecule is CC(C)(C)NC(=O)CSc1nc2cc(Cl)ccc2c(=O)n1C[C@H]1CCCO1. The van der Waals surface area contributed by atoms with E-state index in [9.17, 15) is 9.59 Å². The standard InChI is InChI=1S/C19H24ClN3O3S/c1-19(2,3)22-16(24)11-27-18-21-15-9-12(20)6-7-14(15)17(25)23(18)10-13-5-4-8-26-13/h6-7,9,13H,4-5,8,10-11H2,1-3H3,(H,22,24)/t13-/m1/s1. The van der Waals surface area contributed by atoms with Gasteiger partial charge in [0.05, 0.1) is 29.3 Å². The summed E-state index contributed by atoms with van der Waals surface area (Å²) >= 11 is 7.32. The first-order valence-corrected chi connectivity index (χ1v) is 10.3. The summed E-state index contributed by atoms with van der Waals surface area (Å²) in [5.74, 6) is 0.0815. The van der Waals surface area contributed by atoms with Crippen LogP contribution < -0.4 is 10.9 Å². The molecule has 8 heteroatoms. The van der Waals surface area contributed by atoms with Gasteiger partial charge in [0.1, 0.15) is 0 Å². The molecule has 146 valence electrons. The highest BCUT2D eigenvalue weighted by molar-refractivity contribution is 7.99. The van der Waals surface area contributed by atoms with Gasteiger partial charge < -0.3 is 10.1 Å². The summed E-state index contributed by atoms with van der Waals surface area (Å²) in [6.07, 6.45) is 1.91. The van der Waals surface area contributed by atoms with Gasteiger partial charge in [-0.25, -0.2) is 4.98 Å². The third-order valence-electron chi connectivity index (χ3n) is 4.14. The summed E-state index contributed by atoms with van der Waals surface area (Å²) in [6, 6.07) is 5.06. The minimum absolute atomic E-state index is 0.00278. The summed E-state index contributed by atoms with van der Waals surface area (Å²) in [4.78, 5) is 29.8. The van der Waals surface area contributed by atoms with E-state index in [-0.39, 0.29) is 28.9 Å². The molecule has 3 rings (SSSR count). The summed E-state index contributed by atoms with van der Waals surface area (Å²) in [5, 5.41) is 4.47. The van der Waals surface area contributed by atoms with E-state index in [0.717, 1.165) is 12.8 Å². The van der Waals surface area contributed by atoms with Gasteiger partial charge in [-0.15, -0.1) is 0 Å². The van der Waals surface area contributed by atoms with E-state index in [1.807, 2.05) is 20.8 Å². The Bertz CT molecular complexity index is 901. The van der Waals surface area contributed by atoms with Crippen LogP contribution in [0.25, 0.3) is 10.9 Å². The molecule has 1 saturated heterocycles. The van der Waals surface area contributed by atoms with Gasteiger partial charge in [-0.3, -0.25) is 14.2 Å². The number of hydrogen-bond acceptors (Lipinski definition) is 5. The lowest BCUT2D eigenvalue weighted by molar-refractivity contribution is -0.119. The molecule has 6 nitrogen and oxygen atoms in total. The molecular weight excluding hydrogens is 386 g/mol. The summed E-state index contributed by atoms with van der Waals surface area (Å²) in [5.41, 5.74) is 0.0972. The topological polar surface area (TPSA) is 73.2 Å². The molecule has 2 aromatic rings. The maximum absolute atomic E-state index is 13.0. The minimum Gasteiger partial charge on any atom is -0.376 e. The van der Waals surface area contributed by atoms with E-state index < -0.39 is 0 Å². The minimum atomic E-state index is -0.306. The molecule has 1 aliphatic heterocycles. The molecule has 1 aliphatic rings. The van der Waals surface area contributed by atoms with Gasteiger partial charge in [-0.1, -0.05) is 23.4 Å². The highest BCUT2D eigenvalue weighted by atomic mass is 35.5. The highest BCUT2D eigenvalue weighted by Gasteiger charge is 2.21. The number of thioether (sulfide) groups is 1. The second-order valence-electron chi connectivity index (χ2n) is 7.69. The van der Waals surface area contributed by atoms with E-state index in [2.05, 4.69) is 10.3 Å². The molecule has 1 fully saturated rings. The van der Waals surface area contributed by atoms with Crippen molar-refractivity contribution in [2.45, 2.75) is 57.0 Å². The van der Waals surface area contributed by atoms with Crippen LogP contribution in [0.5, 0.6) is 0 Å². The monoisotopic (exact) mass is 409 g/mol. The Balaban J connectivity index is 1.92. The van der Waals surface area contributed by atoms with Crippen molar-refractivity contribution in [2.24, 2.45) is 0 Å². The second kappa shape index (κ2) is 8.20. The molecule has 1 amide bonds. The van der Waals surface area contributed by atoms with Crippen molar-refractivity contribution in [2.75, 3.05) is 12.4 Å². The van der Waals surface area contributed by atoms with Crippen LogP contribution in [0.2, 0.25) is 5.02 Å². The van der Waals surface area contributed by atoms with Gasteiger partial charge in [0.25, 0.3) is 5.56 Å². The van der Waals surface area contributed by atoms with Gasteiger partial charge in [0.2, 0.25) is 5.91 Å². The van der Waals surface area contributed by atoms with Crippen LogP contribution in [-0.4, -0.2) is 39.5 Å². The number of aromatic nitrogens is 2. The van der Waals surface area contributed by atoms with E-state index in [1.54, 1.807) is 22.8 Å². The Kier molecular flexibility index (Phi) is 6.13. The average molecular weight is 410 g/mol. The van der Waals surface area contributed by atoms with Crippen molar-refractivity contribution in [1.29, 1.82) is 0 Å². The molecule has 0 spiro atoms. The first-order chi connectivity index (χ1) is 12.7. The predicted molar refractivity (Wildman–Crippen MR) is 109 cm³/mol. The molecule has 1 aromatic heterocycles. The van der Waals surface area contributed by atoms with Gasteiger partial charge >= 0.3 is 0 Å². The molecule has 0 unspecified atom stereocenters. The fraction of sp³-hybridized carbons (Fsp3) is 0.526. The number of ether oxygens (including phenoxy) is 1. The Morgan fingerprint density at radius 3 is 2.89 bits per heavy atom. The second-order valence-corrected chi connectivity index (χ2v) is 9.07. The Labute approximate surface area is 167 Å². The van der Waals surface area contributed by atoms with E-state index in [4.69, 9.17) is 16.3 Å². The smallest absolute Gasteiger partial charge is 0.262 e. The molecule has 0 saturated carbocycles. The van der Waals surface area contributed by atoms with Crippen LogP contribution in [0.1, 0.15) is 33.6 Å². The molecule has 0 radical (unpaired) electrons. The van der Waals surface area contributed by atoms with Crippen LogP contribution in [-0.2, 0) is 16.1 Å². The predicted octanol–water partition coefficient (Wildman–Crippen LogP) is 3.24. The zero-order valence-electron chi connectivity index (χ0n) is 15.8. The van der Waals surface area contributed by atoms with Crippen molar-refractivity contribution in [3.63, 3.8) is 0 Å². The number of hydrogen-bond donors (Lipinski definition) is 1. The highest BCUT2D eigenvalue weighted by Crippen LogP contribution is 2.22. The molecule has 27 heavy (non-hydrogen) atoms. The Morgan fingerprint density at radius 1 is 1.44 bits per heavy atom. The maximum atomic E-state index is 13.0. The van der Waals surface area contributed by atoms with Gasteiger partial charge in [-0.2, -0.15) is 0 Å². The van der Waals surface area contributed by atoms with Crippen molar-refractivity contribution >= 4 is 40.2 Å². The zero-order chi connectivity index (χ0) is 19.6. The largest absolute Gasteiger partial charge is 0.376 e. The van der Waals surface area contributed by atoms with Crippen molar-refractivity contribution in [3.05, 3.63) is 33.6 Å². The lowest BCUT2D eigenvalue weighted by Crippen LogP contribution is -2.41. The number of benzene rings is 1. The molecule has 0 bridgehead atoms. The van der Waals surface area contributed by atoms with E-state index >= 15 is 0 Å². The number of carbonyl (C=O) groups is 1. The number of amides is 1. The van der Waals surface area contributed by atoms with E-state index in [1.165, 1.54) is 11.8 Å². The quantitative estimate of drug-likeness (QED) is 0.606. The third kappa shape index (κ3) is 5.24. The lowest BCUT2D eigenvalue weighted by Gasteiger charge is -2.21. The van der Waals surface area contributed by atoms with Crippen LogP contribution >= 0.6 is 23.4 Å². The Morgan fingerprint density at radius 2 is 2.22 bits per heavy atom.